The third-order valence-corrected chi connectivity index (χ3v) is 8.62. The Bertz CT molecular complexity index is 1710. The van der Waals surface area contributed by atoms with E-state index in [1.165, 1.54) is 28.5 Å². The van der Waals surface area contributed by atoms with Crippen LogP contribution in [0.2, 0.25) is 0 Å². The van der Waals surface area contributed by atoms with Gasteiger partial charge in [0.15, 0.2) is 5.13 Å². The minimum atomic E-state index is -3.53. The van der Waals surface area contributed by atoms with E-state index in [9.17, 15) is 18.0 Å². The Morgan fingerprint density at radius 2 is 1.85 bits per heavy atom. The standard InChI is InChI=1S/C28H29N5O5S2/c1-17-11-21(14-25(29-17)38-3)19-7-5-8-20(13-19)23-16-39-28(30-23)31-26(34)24-9-6-10-32(24)27(35)22-12-18(2)33(15-22)40(4,36)37/h5,7-8,11-16,24H,6,9-10H2,1-4H3,(H,30,31,34)/t24-/m0/s1. The van der Waals surface area contributed by atoms with Gasteiger partial charge in [-0.1, -0.05) is 18.2 Å². The van der Waals surface area contributed by atoms with Gasteiger partial charge < -0.3 is 15.0 Å². The van der Waals surface area contributed by atoms with E-state index in [-0.39, 0.29) is 17.4 Å². The maximum atomic E-state index is 13.2. The molecule has 4 aromatic rings. The first-order chi connectivity index (χ1) is 19.0. The van der Waals surface area contributed by atoms with Crippen molar-refractivity contribution >= 4 is 38.3 Å². The summed E-state index contributed by atoms with van der Waals surface area (Å²) >= 11 is 1.31. The number of aryl methyl sites for hydroxylation is 2. The van der Waals surface area contributed by atoms with Gasteiger partial charge in [-0.05, 0) is 56.0 Å². The molecule has 12 heteroatoms. The fraction of sp³-hybridized carbons (Fsp3) is 0.286. The van der Waals surface area contributed by atoms with Crippen molar-refractivity contribution < 1.29 is 22.7 Å². The summed E-state index contributed by atoms with van der Waals surface area (Å²) in [5.74, 6) is -0.150. The summed E-state index contributed by atoms with van der Waals surface area (Å²) in [6, 6.07) is 12.7. The fourth-order valence-corrected chi connectivity index (χ4v) is 6.50. The van der Waals surface area contributed by atoms with Crippen LogP contribution in [0.4, 0.5) is 5.13 Å². The molecular formula is C28H29N5O5S2. The Morgan fingerprint density at radius 3 is 2.58 bits per heavy atom. The molecule has 0 aliphatic carbocycles. The van der Waals surface area contributed by atoms with Crippen molar-refractivity contribution in [2.75, 3.05) is 25.2 Å². The van der Waals surface area contributed by atoms with Crippen LogP contribution in [0, 0.1) is 13.8 Å². The van der Waals surface area contributed by atoms with Gasteiger partial charge >= 0.3 is 0 Å². The lowest BCUT2D eigenvalue weighted by atomic mass is 10.0. The number of amides is 2. The van der Waals surface area contributed by atoms with Crippen LogP contribution in [0.25, 0.3) is 22.4 Å². The Hall–Kier alpha value is -4.03. The number of aromatic nitrogens is 3. The van der Waals surface area contributed by atoms with E-state index in [2.05, 4.69) is 15.3 Å². The van der Waals surface area contributed by atoms with Crippen molar-refractivity contribution in [3.63, 3.8) is 0 Å². The van der Waals surface area contributed by atoms with E-state index in [1.54, 1.807) is 14.0 Å². The quantitative estimate of drug-likeness (QED) is 0.345. The minimum absolute atomic E-state index is 0.237. The average Bonchev–Trinajstić information content (AvgIpc) is 3.67. The molecule has 1 fully saturated rings. The molecular weight excluding hydrogens is 550 g/mol. The lowest BCUT2D eigenvalue weighted by Crippen LogP contribution is -2.43. The highest BCUT2D eigenvalue weighted by molar-refractivity contribution is 7.89. The number of rotatable bonds is 7. The number of nitrogens with zero attached hydrogens (tertiary/aromatic N) is 4. The molecule has 0 bridgehead atoms. The number of hydrogen-bond acceptors (Lipinski definition) is 8. The van der Waals surface area contributed by atoms with Crippen molar-refractivity contribution in [2.45, 2.75) is 32.7 Å². The monoisotopic (exact) mass is 579 g/mol. The van der Waals surface area contributed by atoms with E-state index in [1.807, 2.05) is 48.7 Å². The van der Waals surface area contributed by atoms with Gasteiger partial charge in [0, 0.05) is 41.1 Å². The third kappa shape index (κ3) is 5.63. The van der Waals surface area contributed by atoms with Gasteiger partial charge in [0.05, 0.1) is 24.6 Å². The Morgan fingerprint density at radius 1 is 1.07 bits per heavy atom. The number of thiazole rings is 1. The lowest BCUT2D eigenvalue weighted by Gasteiger charge is -2.23. The topological polar surface area (TPSA) is 123 Å². The van der Waals surface area contributed by atoms with Gasteiger partial charge in [-0.2, -0.15) is 0 Å². The van der Waals surface area contributed by atoms with E-state index in [4.69, 9.17) is 4.74 Å². The average molecular weight is 580 g/mol. The van der Waals surface area contributed by atoms with Gasteiger partial charge in [0.25, 0.3) is 5.91 Å². The van der Waals surface area contributed by atoms with Gasteiger partial charge in [0.2, 0.25) is 21.8 Å². The van der Waals surface area contributed by atoms with E-state index < -0.39 is 16.1 Å². The van der Waals surface area contributed by atoms with Gasteiger partial charge in [0.1, 0.15) is 6.04 Å². The lowest BCUT2D eigenvalue weighted by molar-refractivity contribution is -0.119. The summed E-state index contributed by atoms with van der Waals surface area (Å²) in [5.41, 5.74) is 5.09. The highest BCUT2D eigenvalue weighted by atomic mass is 32.2. The number of ether oxygens (including phenoxy) is 1. The second-order valence-electron chi connectivity index (χ2n) is 9.73. The smallest absolute Gasteiger partial charge is 0.256 e. The summed E-state index contributed by atoms with van der Waals surface area (Å²) in [7, 11) is -1.95. The first-order valence-electron chi connectivity index (χ1n) is 12.6. The number of likely N-dealkylation sites (tertiary alicyclic amines) is 1. The largest absolute Gasteiger partial charge is 0.481 e. The first-order valence-corrected chi connectivity index (χ1v) is 15.4. The number of carbonyl (C=O) groups excluding carboxylic acids is 2. The first kappa shape index (κ1) is 27.5. The van der Waals surface area contributed by atoms with Crippen LogP contribution in [0.1, 0.15) is 34.6 Å². The highest BCUT2D eigenvalue weighted by Gasteiger charge is 2.35. The second-order valence-corrected chi connectivity index (χ2v) is 12.5. The number of pyridine rings is 1. The van der Waals surface area contributed by atoms with Crippen molar-refractivity contribution in [1.29, 1.82) is 0 Å². The normalized spacial score (nSPS) is 15.3. The van der Waals surface area contributed by atoms with Crippen molar-refractivity contribution in [3.05, 3.63) is 71.0 Å². The molecule has 3 aromatic heterocycles. The van der Waals surface area contributed by atoms with Crippen molar-refractivity contribution in [1.82, 2.24) is 18.8 Å². The van der Waals surface area contributed by atoms with Crippen LogP contribution in [0.3, 0.4) is 0 Å². The summed E-state index contributed by atoms with van der Waals surface area (Å²) in [6.45, 7) is 3.95. The summed E-state index contributed by atoms with van der Waals surface area (Å²) < 4.78 is 30.3. The molecule has 1 aromatic carbocycles. The molecule has 1 saturated heterocycles. The fourth-order valence-electron chi connectivity index (χ4n) is 4.90. The zero-order valence-corrected chi connectivity index (χ0v) is 24.2. The molecule has 4 heterocycles. The maximum Gasteiger partial charge on any atom is 0.256 e. The maximum absolute atomic E-state index is 13.2. The van der Waals surface area contributed by atoms with Gasteiger partial charge in [-0.3, -0.25) is 9.59 Å². The molecule has 1 aliphatic rings. The summed E-state index contributed by atoms with van der Waals surface area (Å²) in [4.78, 5) is 36.9. The van der Waals surface area contributed by atoms with E-state index in [0.717, 1.165) is 38.3 Å². The van der Waals surface area contributed by atoms with Crippen LogP contribution in [0.15, 0.2) is 54.0 Å². The second kappa shape index (κ2) is 10.9. The molecule has 40 heavy (non-hydrogen) atoms. The summed E-state index contributed by atoms with van der Waals surface area (Å²) in [6.07, 6.45) is 3.57. The van der Waals surface area contributed by atoms with Crippen LogP contribution in [-0.4, -0.2) is 65.0 Å². The number of methoxy groups -OCH3 is 1. The Labute approximate surface area is 236 Å². The van der Waals surface area contributed by atoms with Gasteiger partial charge in [-0.25, -0.2) is 22.4 Å². The molecule has 5 rings (SSSR count). The molecule has 0 unspecified atom stereocenters. The van der Waals surface area contributed by atoms with Crippen molar-refractivity contribution in [3.8, 4) is 28.3 Å². The molecule has 0 saturated carbocycles. The molecule has 1 aliphatic heterocycles. The molecule has 208 valence electrons. The number of anilines is 1. The number of benzene rings is 1. The summed E-state index contributed by atoms with van der Waals surface area (Å²) in [5, 5.41) is 5.18. The number of hydrogen-bond donors (Lipinski definition) is 1. The van der Waals surface area contributed by atoms with Gasteiger partial charge in [-0.15, -0.1) is 11.3 Å². The van der Waals surface area contributed by atoms with E-state index in [0.29, 0.717) is 36.1 Å². The molecule has 0 radical (unpaired) electrons. The zero-order chi connectivity index (χ0) is 28.6. The molecule has 0 spiro atoms. The third-order valence-electron chi connectivity index (χ3n) is 6.75. The predicted octanol–water partition coefficient (Wildman–Crippen LogP) is 4.35. The molecule has 1 atom stereocenters. The van der Waals surface area contributed by atoms with Crippen LogP contribution < -0.4 is 10.1 Å². The predicted molar refractivity (Wildman–Crippen MR) is 154 cm³/mol. The number of carbonyl (C=O) groups is 2. The molecule has 10 nitrogen and oxygen atoms in total. The molecule has 2 amide bonds. The van der Waals surface area contributed by atoms with Crippen molar-refractivity contribution in [2.24, 2.45) is 0 Å². The zero-order valence-electron chi connectivity index (χ0n) is 22.5. The minimum Gasteiger partial charge on any atom is -0.481 e. The molecule has 1 N–H and O–H groups in total. The van der Waals surface area contributed by atoms with Crippen LogP contribution >= 0.6 is 11.3 Å². The van der Waals surface area contributed by atoms with Crippen LogP contribution in [0.5, 0.6) is 5.88 Å². The Kier molecular flexibility index (Phi) is 7.47. The number of nitrogens with one attached hydrogen (secondary N) is 1. The van der Waals surface area contributed by atoms with Crippen LogP contribution in [-0.2, 0) is 14.8 Å². The SMILES string of the molecule is COc1cc(-c2cccc(-c3csc(NC(=O)[C@@H]4CCCN4C(=O)c4cc(C)n(S(C)(=O)=O)c4)n3)c2)cc(C)n1. The Balaban J connectivity index is 1.31. The van der Waals surface area contributed by atoms with E-state index >= 15 is 0 Å². The highest BCUT2D eigenvalue weighted by Crippen LogP contribution is 2.31.